The van der Waals surface area contributed by atoms with Gasteiger partial charge in [-0.05, 0) is 12.8 Å². The average molecular weight is 313 g/mol. The Hall–Kier alpha value is -1.12. The number of hydrogen-bond acceptors (Lipinski definition) is 0. The van der Waals surface area contributed by atoms with Crippen molar-refractivity contribution in [3.05, 3.63) is 61.2 Å². The van der Waals surface area contributed by atoms with Crippen molar-refractivity contribution >= 4 is 0 Å². The number of halogens is 2. The van der Waals surface area contributed by atoms with Gasteiger partial charge in [0.2, 0.25) is 0 Å². The zero-order valence-corrected chi connectivity index (χ0v) is 13.2. The van der Waals surface area contributed by atoms with Gasteiger partial charge in [0.05, 0.1) is 0 Å². The lowest BCUT2D eigenvalue weighted by Crippen LogP contribution is -3.00. The van der Waals surface area contributed by atoms with E-state index in [1.54, 1.807) is 0 Å². The van der Waals surface area contributed by atoms with Crippen molar-refractivity contribution in [2.45, 2.75) is 38.8 Å². The smallest absolute Gasteiger partial charge is 0.168 e. The Morgan fingerprint density at radius 3 is 1.15 bits per heavy atom. The van der Waals surface area contributed by atoms with E-state index in [1.165, 1.54) is 25.7 Å². The maximum Gasteiger partial charge on any atom is 0.168 e. The highest BCUT2D eigenvalue weighted by Gasteiger charge is 2.00. The maximum absolute atomic E-state index is 2.26. The SMILES string of the molecule is [Cl-].[Cl-].c1cc[n+](CCCCCC[n+]2ccccc2)cc1. The van der Waals surface area contributed by atoms with Crippen LogP contribution in [0.2, 0.25) is 0 Å². The lowest BCUT2D eigenvalue weighted by molar-refractivity contribution is -0.698. The van der Waals surface area contributed by atoms with Crippen LogP contribution < -0.4 is 33.9 Å². The summed E-state index contributed by atoms with van der Waals surface area (Å²) in [7, 11) is 0. The third kappa shape index (κ3) is 7.46. The largest absolute Gasteiger partial charge is 1.00 e. The first-order valence-electron chi connectivity index (χ1n) is 6.83. The van der Waals surface area contributed by atoms with Crippen LogP contribution in [0.15, 0.2) is 61.2 Å². The Kier molecular flexibility index (Phi) is 11.0. The lowest BCUT2D eigenvalue weighted by atomic mass is 10.2. The fraction of sp³-hybridized carbons (Fsp3) is 0.375. The van der Waals surface area contributed by atoms with E-state index in [-0.39, 0.29) is 24.8 Å². The van der Waals surface area contributed by atoms with Crippen LogP contribution in [-0.2, 0) is 13.1 Å². The van der Waals surface area contributed by atoms with Gasteiger partial charge in [0.1, 0.15) is 13.1 Å². The van der Waals surface area contributed by atoms with Gasteiger partial charge in [-0.15, -0.1) is 0 Å². The van der Waals surface area contributed by atoms with E-state index in [1.807, 2.05) is 0 Å². The van der Waals surface area contributed by atoms with Crippen molar-refractivity contribution in [2.24, 2.45) is 0 Å². The molecule has 0 atom stereocenters. The molecular weight excluding hydrogens is 291 g/mol. The van der Waals surface area contributed by atoms with Crippen molar-refractivity contribution < 1.29 is 33.9 Å². The van der Waals surface area contributed by atoms with Gasteiger partial charge in [-0.3, -0.25) is 0 Å². The van der Waals surface area contributed by atoms with Crippen molar-refractivity contribution in [2.75, 3.05) is 0 Å². The van der Waals surface area contributed by atoms with Crippen molar-refractivity contribution in [3.63, 3.8) is 0 Å². The lowest BCUT2D eigenvalue weighted by Gasteiger charge is -1.98. The fourth-order valence-electron chi connectivity index (χ4n) is 2.11. The Morgan fingerprint density at radius 1 is 0.450 bits per heavy atom. The summed E-state index contributed by atoms with van der Waals surface area (Å²) in [6.07, 6.45) is 13.7. The first kappa shape index (κ1) is 18.9. The van der Waals surface area contributed by atoms with Crippen LogP contribution in [0.4, 0.5) is 0 Å². The molecule has 2 aromatic rings. The van der Waals surface area contributed by atoms with Gasteiger partial charge in [-0.25, -0.2) is 9.13 Å². The highest BCUT2D eigenvalue weighted by molar-refractivity contribution is 4.84. The van der Waals surface area contributed by atoms with Crippen LogP contribution in [0.3, 0.4) is 0 Å². The number of rotatable bonds is 7. The molecule has 0 aliphatic heterocycles. The third-order valence-corrected chi connectivity index (χ3v) is 3.14. The highest BCUT2D eigenvalue weighted by Crippen LogP contribution is 1.99. The van der Waals surface area contributed by atoms with Crippen LogP contribution in [0, 0.1) is 0 Å². The molecule has 0 unspecified atom stereocenters. The first-order valence-corrected chi connectivity index (χ1v) is 6.83. The Balaban J connectivity index is 0.00000180. The molecule has 0 spiro atoms. The second kappa shape index (κ2) is 11.7. The molecule has 2 heterocycles. The number of pyridine rings is 2. The molecule has 0 amide bonds. The topological polar surface area (TPSA) is 7.76 Å². The molecule has 2 aromatic heterocycles. The normalized spacial score (nSPS) is 9.40. The zero-order chi connectivity index (χ0) is 12.5. The van der Waals surface area contributed by atoms with E-state index in [0.29, 0.717) is 0 Å². The number of nitrogens with zero attached hydrogens (tertiary/aromatic N) is 2. The van der Waals surface area contributed by atoms with Gasteiger partial charge in [0.15, 0.2) is 24.8 Å². The minimum Gasteiger partial charge on any atom is -1.00 e. The molecule has 4 heteroatoms. The molecule has 0 saturated carbocycles. The number of aromatic nitrogens is 2. The van der Waals surface area contributed by atoms with E-state index < -0.39 is 0 Å². The van der Waals surface area contributed by atoms with Gasteiger partial charge in [-0.2, -0.15) is 0 Å². The highest BCUT2D eigenvalue weighted by atomic mass is 35.5. The molecule has 0 N–H and O–H groups in total. The molecule has 0 saturated heterocycles. The van der Waals surface area contributed by atoms with Gasteiger partial charge in [0, 0.05) is 37.1 Å². The van der Waals surface area contributed by atoms with Crippen LogP contribution in [0.1, 0.15) is 25.7 Å². The van der Waals surface area contributed by atoms with E-state index in [2.05, 4.69) is 70.3 Å². The number of unbranched alkanes of at least 4 members (excludes halogenated alkanes) is 3. The molecule has 0 aliphatic carbocycles. The fourth-order valence-corrected chi connectivity index (χ4v) is 2.11. The molecule has 20 heavy (non-hydrogen) atoms. The Morgan fingerprint density at radius 2 is 0.800 bits per heavy atom. The zero-order valence-electron chi connectivity index (χ0n) is 11.7. The van der Waals surface area contributed by atoms with Crippen molar-refractivity contribution in [3.8, 4) is 0 Å². The summed E-state index contributed by atoms with van der Waals surface area (Å²) in [5, 5.41) is 0. The van der Waals surface area contributed by atoms with E-state index in [0.717, 1.165) is 13.1 Å². The summed E-state index contributed by atoms with van der Waals surface area (Å²) >= 11 is 0. The molecule has 0 aliphatic rings. The maximum atomic E-state index is 2.26. The molecule has 110 valence electrons. The first-order chi connectivity index (χ1) is 8.95. The molecule has 0 fully saturated rings. The third-order valence-electron chi connectivity index (χ3n) is 3.14. The minimum atomic E-state index is 0. The van der Waals surface area contributed by atoms with Crippen LogP contribution in [0.25, 0.3) is 0 Å². The Labute approximate surface area is 134 Å². The van der Waals surface area contributed by atoms with Gasteiger partial charge in [-0.1, -0.05) is 12.1 Å². The molecule has 0 aromatic carbocycles. The molecule has 2 rings (SSSR count). The van der Waals surface area contributed by atoms with E-state index in [9.17, 15) is 0 Å². The van der Waals surface area contributed by atoms with Gasteiger partial charge < -0.3 is 24.8 Å². The van der Waals surface area contributed by atoms with E-state index in [4.69, 9.17) is 0 Å². The average Bonchev–Trinajstić information content (AvgIpc) is 2.45. The van der Waals surface area contributed by atoms with Crippen LogP contribution in [0.5, 0.6) is 0 Å². The summed E-state index contributed by atoms with van der Waals surface area (Å²) in [4.78, 5) is 0. The predicted octanol–water partition coefficient (Wildman–Crippen LogP) is -3.47. The minimum absolute atomic E-state index is 0. The number of hydrogen-bond donors (Lipinski definition) is 0. The quantitative estimate of drug-likeness (QED) is 0.371. The summed E-state index contributed by atoms with van der Waals surface area (Å²) in [5.41, 5.74) is 0. The van der Waals surface area contributed by atoms with Gasteiger partial charge >= 0.3 is 0 Å². The Bertz CT molecular complexity index is 391. The van der Waals surface area contributed by atoms with Crippen molar-refractivity contribution in [1.29, 1.82) is 0 Å². The van der Waals surface area contributed by atoms with Gasteiger partial charge in [0.25, 0.3) is 0 Å². The van der Waals surface area contributed by atoms with E-state index >= 15 is 0 Å². The predicted molar refractivity (Wildman–Crippen MR) is 71.7 cm³/mol. The molecular formula is C16H22Cl2N2. The summed E-state index contributed by atoms with van der Waals surface area (Å²) in [6.45, 7) is 2.28. The second-order valence-electron chi connectivity index (χ2n) is 4.64. The molecule has 2 nitrogen and oxygen atoms in total. The summed E-state index contributed by atoms with van der Waals surface area (Å²) in [5.74, 6) is 0. The summed E-state index contributed by atoms with van der Waals surface area (Å²) in [6, 6.07) is 12.5. The molecule has 0 radical (unpaired) electrons. The molecule has 0 bridgehead atoms. The number of aryl methyl sites for hydroxylation is 2. The van der Waals surface area contributed by atoms with Crippen LogP contribution >= 0.6 is 0 Å². The second-order valence-corrected chi connectivity index (χ2v) is 4.64. The summed E-state index contributed by atoms with van der Waals surface area (Å²) < 4.78 is 4.51. The monoisotopic (exact) mass is 312 g/mol. The van der Waals surface area contributed by atoms with Crippen molar-refractivity contribution in [1.82, 2.24) is 0 Å². The standard InChI is InChI=1S/C16H22N2.2ClH/c1(5-11-17-13-7-3-8-14-17)2-6-12-18-15-9-4-10-16-18;;/h3-4,7-10,13-16H,1-2,5-6,11-12H2;2*1H/q+2;;/p-2. The van der Waals surface area contributed by atoms with Crippen LogP contribution in [-0.4, -0.2) is 0 Å².